The van der Waals surface area contributed by atoms with E-state index in [-0.39, 0.29) is 5.69 Å². The van der Waals surface area contributed by atoms with Crippen LogP contribution in [0, 0.1) is 11.7 Å². The highest BCUT2D eigenvalue weighted by Gasteiger charge is 2.32. The Kier molecular flexibility index (Phi) is 13.6. The minimum atomic E-state index is -1.55. The predicted octanol–water partition coefficient (Wildman–Crippen LogP) is 4.81. The Morgan fingerprint density at radius 2 is 1.65 bits per heavy atom. The second kappa shape index (κ2) is 13.8. The number of hydrogen-bond donors (Lipinski definition) is 1. The summed E-state index contributed by atoms with van der Waals surface area (Å²) in [5, 5.41) is 8.89. The molecular formula is C20H30FNO4. The first-order valence-corrected chi connectivity index (χ1v) is 8.86. The van der Waals surface area contributed by atoms with Gasteiger partial charge in [0, 0.05) is 5.92 Å². The van der Waals surface area contributed by atoms with Crippen LogP contribution in [0.5, 0.6) is 0 Å². The molecule has 0 aromatic heterocycles. The van der Waals surface area contributed by atoms with E-state index in [2.05, 4.69) is 6.58 Å². The molecule has 6 heteroatoms. The number of benzene rings is 1. The number of amides is 2. The van der Waals surface area contributed by atoms with Crippen molar-refractivity contribution in [1.82, 2.24) is 0 Å². The van der Waals surface area contributed by atoms with Crippen molar-refractivity contribution in [3.63, 3.8) is 0 Å². The standard InChI is InChI=1S/C16H18FNO4.2C2H6/c1-4-7-10(2)14(19)18(15(20)11(3)16(21)22)13-9-6-5-8-12(13)17;2*1-2/h5-6,8-10H,3-4,7H2,1-2H3,(H,21,22);2*1-2H3. The second-order valence-electron chi connectivity index (χ2n) is 4.90. The van der Waals surface area contributed by atoms with Crippen LogP contribution in [0.25, 0.3) is 0 Å². The lowest BCUT2D eigenvalue weighted by molar-refractivity contribution is -0.135. The Balaban J connectivity index is 0. The molecule has 0 aliphatic carbocycles. The Bertz CT molecular complexity index is 614. The molecule has 1 unspecified atom stereocenters. The van der Waals surface area contributed by atoms with Crippen molar-refractivity contribution in [1.29, 1.82) is 0 Å². The molecule has 1 rings (SSSR count). The van der Waals surface area contributed by atoms with Crippen molar-refractivity contribution in [2.45, 2.75) is 54.4 Å². The predicted molar refractivity (Wildman–Crippen MR) is 102 cm³/mol. The fraction of sp³-hybridized carbons (Fsp3) is 0.450. The molecule has 0 aliphatic rings. The van der Waals surface area contributed by atoms with Gasteiger partial charge in [-0.3, -0.25) is 9.59 Å². The van der Waals surface area contributed by atoms with Crippen molar-refractivity contribution in [2.75, 3.05) is 4.90 Å². The molecule has 2 amide bonds. The zero-order valence-corrected chi connectivity index (χ0v) is 16.5. The van der Waals surface area contributed by atoms with Gasteiger partial charge in [0.05, 0.1) is 5.69 Å². The SMILES string of the molecule is C=C(C(=O)O)C(=O)N(C(=O)C(C)CCC)c1ccccc1F.CC.CC. The summed E-state index contributed by atoms with van der Waals surface area (Å²) in [5.41, 5.74) is -1.07. The van der Waals surface area contributed by atoms with Crippen LogP contribution in [0.4, 0.5) is 10.1 Å². The smallest absolute Gasteiger partial charge is 0.340 e. The molecule has 0 heterocycles. The van der Waals surface area contributed by atoms with Gasteiger partial charge in [-0.05, 0) is 18.6 Å². The van der Waals surface area contributed by atoms with E-state index in [1.165, 1.54) is 18.2 Å². The minimum Gasteiger partial charge on any atom is -0.478 e. The summed E-state index contributed by atoms with van der Waals surface area (Å²) in [6.07, 6.45) is 1.20. The van der Waals surface area contributed by atoms with E-state index in [1.807, 2.05) is 34.6 Å². The number of carbonyl (C=O) groups excluding carboxylic acids is 2. The molecule has 0 bridgehead atoms. The van der Waals surface area contributed by atoms with Gasteiger partial charge in [0.2, 0.25) is 5.91 Å². The molecule has 0 saturated heterocycles. The van der Waals surface area contributed by atoms with Crippen LogP contribution in [-0.2, 0) is 14.4 Å². The molecule has 146 valence electrons. The number of carbonyl (C=O) groups is 3. The van der Waals surface area contributed by atoms with Crippen LogP contribution in [0.2, 0.25) is 0 Å². The fourth-order valence-electron chi connectivity index (χ4n) is 1.96. The summed E-state index contributed by atoms with van der Waals surface area (Å²) >= 11 is 0. The van der Waals surface area contributed by atoms with E-state index in [0.29, 0.717) is 17.7 Å². The maximum atomic E-state index is 14.0. The summed E-state index contributed by atoms with van der Waals surface area (Å²) in [6, 6.07) is 5.21. The molecular weight excluding hydrogens is 337 g/mol. The van der Waals surface area contributed by atoms with E-state index in [4.69, 9.17) is 5.11 Å². The zero-order chi connectivity index (χ0) is 20.9. The van der Waals surface area contributed by atoms with Gasteiger partial charge in [0.1, 0.15) is 11.4 Å². The quantitative estimate of drug-likeness (QED) is 0.444. The summed E-state index contributed by atoms with van der Waals surface area (Å²) in [4.78, 5) is 36.2. The van der Waals surface area contributed by atoms with E-state index >= 15 is 0 Å². The van der Waals surface area contributed by atoms with Gasteiger partial charge in [-0.1, -0.05) is 66.7 Å². The number of carboxylic acids is 1. The molecule has 26 heavy (non-hydrogen) atoms. The number of aliphatic carboxylic acids is 1. The Labute approximate surface area is 155 Å². The van der Waals surface area contributed by atoms with Crippen LogP contribution in [0.15, 0.2) is 36.4 Å². The second-order valence-corrected chi connectivity index (χ2v) is 4.90. The van der Waals surface area contributed by atoms with E-state index in [0.717, 1.165) is 6.07 Å². The molecule has 0 aliphatic heterocycles. The number of anilines is 1. The van der Waals surface area contributed by atoms with Crippen LogP contribution >= 0.6 is 0 Å². The van der Waals surface area contributed by atoms with E-state index < -0.39 is 35.1 Å². The summed E-state index contributed by atoms with van der Waals surface area (Å²) in [7, 11) is 0. The number of halogens is 1. The van der Waals surface area contributed by atoms with Crippen LogP contribution in [-0.4, -0.2) is 22.9 Å². The van der Waals surface area contributed by atoms with Gasteiger partial charge in [-0.2, -0.15) is 0 Å². The number of carboxylic acid groups (broad SMARTS) is 1. The van der Waals surface area contributed by atoms with Crippen LogP contribution in [0.1, 0.15) is 54.4 Å². The monoisotopic (exact) mass is 367 g/mol. The molecule has 0 fully saturated rings. The van der Waals surface area contributed by atoms with E-state index in [1.54, 1.807) is 6.92 Å². The third-order valence-electron chi connectivity index (χ3n) is 3.18. The Hall–Kier alpha value is -2.50. The molecule has 1 atom stereocenters. The van der Waals surface area contributed by atoms with Crippen molar-refractivity contribution in [3.05, 3.63) is 42.2 Å². The first-order valence-electron chi connectivity index (χ1n) is 8.86. The number of hydrogen-bond acceptors (Lipinski definition) is 3. The summed E-state index contributed by atoms with van der Waals surface area (Å²) < 4.78 is 14.0. The van der Waals surface area contributed by atoms with Gasteiger partial charge < -0.3 is 5.11 Å². The minimum absolute atomic E-state index is 0.275. The topological polar surface area (TPSA) is 74.7 Å². The third-order valence-corrected chi connectivity index (χ3v) is 3.18. The van der Waals surface area contributed by atoms with Crippen molar-refractivity contribution in [2.24, 2.45) is 5.92 Å². The van der Waals surface area contributed by atoms with Gasteiger partial charge >= 0.3 is 5.97 Å². The highest BCUT2D eigenvalue weighted by atomic mass is 19.1. The highest BCUT2D eigenvalue weighted by molar-refractivity contribution is 6.29. The molecule has 0 saturated carbocycles. The van der Waals surface area contributed by atoms with Gasteiger partial charge in [-0.15, -0.1) is 0 Å². The number of imide groups is 1. The molecule has 1 aromatic carbocycles. The Morgan fingerprint density at radius 1 is 1.15 bits per heavy atom. The third kappa shape index (κ3) is 7.17. The van der Waals surface area contributed by atoms with Crippen LogP contribution in [0.3, 0.4) is 0 Å². The summed E-state index contributed by atoms with van der Waals surface area (Å²) in [6.45, 7) is 14.6. The lowest BCUT2D eigenvalue weighted by atomic mass is 10.0. The lowest BCUT2D eigenvalue weighted by Crippen LogP contribution is -2.42. The van der Waals surface area contributed by atoms with Gasteiger partial charge in [-0.25, -0.2) is 14.1 Å². The largest absolute Gasteiger partial charge is 0.478 e. The fourth-order valence-corrected chi connectivity index (χ4v) is 1.96. The van der Waals surface area contributed by atoms with E-state index in [9.17, 15) is 18.8 Å². The Morgan fingerprint density at radius 3 is 2.08 bits per heavy atom. The number of rotatable bonds is 6. The summed E-state index contributed by atoms with van der Waals surface area (Å²) in [5.74, 6) is -4.67. The molecule has 0 radical (unpaired) electrons. The molecule has 1 aromatic rings. The normalized spacial score (nSPS) is 10.3. The molecule has 5 nitrogen and oxygen atoms in total. The molecule has 1 N–H and O–H groups in total. The van der Waals surface area contributed by atoms with Gasteiger partial charge in [0.15, 0.2) is 0 Å². The number of nitrogens with zero attached hydrogens (tertiary/aromatic N) is 1. The maximum absolute atomic E-state index is 14.0. The van der Waals surface area contributed by atoms with Gasteiger partial charge in [0.25, 0.3) is 5.91 Å². The average molecular weight is 367 g/mol. The van der Waals surface area contributed by atoms with Crippen molar-refractivity contribution >= 4 is 23.5 Å². The number of para-hydroxylation sites is 1. The maximum Gasteiger partial charge on any atom is 0.340 e. The molecule has 0 spiro atoms. The van der Waals surface area contributed by atoms with Crippen molar-refractivity contribution < 1.29 is 23.9 Å². The lowest BCUT2D eigenvalue weighted by Gasteiger charge is -2.24. The first-order chi connectivity index (χ1) is 12.3. The average Bonchev–Trinajstić information content (AvgIpc) is 2.65. The van der Waals surface area contributed by atoms with Crippen molar-refractivity contribution in [3.8, 4) is 0 Å². The first kappa shape index (κ1) is 25.7. The van der Waals surface area contributed by atoms with Crippen LogP contribution < -0.4 is 4.90 Å². The zero-order valence-electron chi connectivity index (χ0n) is 16.5. The highest BCUT2D eigenvalue weighted by Crippen LogP contribution is 2.24.